The van der Waals surface area contributed by atoms with Crippen LogP contribution >= 0.6 is 11.3 Å². The van der Waals surface area contributed by atoms with Gasteiger partial charge in [-0.2, -0.15) is 5.10 Å². The smallest absolute Gasteiger partial charge is 0.259 e. The average molecular weight is 426 g/mol. The molecule has 0 radical (unpaired) electrons. The Morgan fingerprint density at radius 1 is 1.00 bits per heavy atom. The molecule has 31 heavy (non-hydrogen) atoms. The number of amides is 1. The number of hydrogen-bond donors (Lipinski definition) is 1. The Morgan fingerprint density at radius 3 is 2.65 bits per heavy atom. The number of carbonyl (C=O) groups excluding carboxylic acids is 1. The molecule has 1 N–H and O–H groups in total. The van der Waals surface area contributed by atoms with Gasteiger partial charge in [-0.1, -0.05) is 41.7 Å². The quantitative estimate of drug-likeness (QED) is 0.418. The van der Waals surface area contributed by atoms with Crippen LogP contribution in [0.4, 0.5) is 5.69 Å². The third-order valence-corrected chi connectivity index (χ3v) is 6.25. The number of para-hydroxylation sites is 1. The molecule has 6 nitrogen and oxygen atoms in total. The summed E-state index contributed by atoms with van der Waals surface area (Å²) >= 11 is 1.54. The van der Waals surface area contributed by atoms with Crippen molar-refractivity contribution in [3.05, 3.63) is 89.9 Å². The largest absolute Gasteiger partial charge is 0.322 e. The molecule has 0 saturated carbocycles. The Bertz CT molecular complexity index is 1370. The van der Waals surface area contributed by atoms with E-state index in [0.29, 0.717) is 5.56 Å². The second kappa shape index (κ2) is 7.77. The van der Waals surface area contributed by atoms with Crippen LogP contribution in [0.3, 0.4) is 0 Å². The summed E-state index contributed by atoms with van der Waals surface area (Å²) in [6.45, 7) is 3.89. The first kappa shape index (κ1) is 19.1. The third-order valence-electron chi connectivity index (χ3n) is 5.23. The monoisotopic (exact) mass is 425 g/mol. The van der Waals surface area contributed by atoms with Crippen LogP contribution in [0.1, 0.15) is 21.6 Å². The van der Waals surface area contributed by atoms with Crippen LogP contribution in [-0.2, 0) is 0 Å². The number of nitrogens with one attached hydrogen (secondary N) is 1. The lowest BCUT2D eigenvalue weighted by molar-refractivity contribution is 0.102. The first-order valence-electron chi connectivity index (χ1n) is 9.85. The van der Waals surface area contributed by atoms with Crippen molar-refractivity contribution in [1.29, 1.82) is 0 Å². The maximum Gasteiger partial charge on any atom is 0.259 e. The molecule has 3 heterocycles. The van der Waals surface area contributed by atoms with Crippen molar-refractivity contribution in [2.75, 3.05) is 5.32 Å². The topological polar surface area (TPSA) is 72.7 Å². The highest BCUT2D eigenvalue weighted by Gasteiger charge is 2.18. The lowest BCUT2D eigenvalue weighted by Crippen LogP contribution is -2.14. The highest BCUT2D eigenvalue weighted by atomic mass is 32.1. The molecule has 0 fully saturated rings. The van der Waals surface area contributed by atoms with Crippen LogP contribution in [0, 0.1) is 13.8 Å². The van der Waals surface area contributed by atoms with Gasteiger partial charge in [-0.25, -0.2) is 14.6 Å². The molecule has 0 aliphatic heterocycles. The van der Waals surface area contributed by atoms with Crippen LogP contribution in [0.15, 0.2) is 73.1 Å². The second-order valence-electron chi connectivity index (χ2n) is 7.17. The van der Waals surface area contributed by atoms with E-state index in [1.807, 2.05) is 74.5 Å². The third kappa shape index (κ3) is 3.49. The minimum Gasteiger partial charge on any atom is -0.322 e. The molecule has 2 aromatic carbocycles. The summed E-state index contributed by atoms with van der Waals surface area (Å²) in [7, 11) is 0. The Morgan fingerprint density at radius 2 is 1.84 bits per heavy atom. The summed E-state index contributed by atoms with van der Waals surface area (Å²) in [4.78, 5) is 23.0. The van der Waals surface area contributed by atoms with Crippen LogP contribution in [0.5, 0.6) is 0 Å². The van der Waals surface area contributed by atoms with Crippen LogP contribution in [-0.4, -0.2) is 25.7 Å². The average Bonchev–Trinajstić information content (AvgIpc) is 3.39. The maximum atomic E-state index is 13.0. The zero-order valence-electron chi connectivity index (χ0n) is 17.0. The van der Waals surface area contributed by atoms with Gasteiger partial charge in [-0.05, 0) is 49.7 Å². The summed E-state index contributed by atoms with van der Waals surface area (Å²) in [5, 5.41) is 8.33. The number of aromatic nitrogens is 4. The minimum absolute atomic E-state index is 0.189. The maximum absolute atomic E-state index is 13.0. The highest BCUT2D eigenvalue weighted by Crippen LogP contribution is 2.33. The lowest BCUT2D eigenvalue weighted by atomic mass is 10.1. The summed E-state index contributed by atoms with van der Waals surface area (Å²) < 4.78 is 1.77. The van der Waals surface area contributed by atoms with E-state index in [1.165, 1.54) is 0 Å². The van der Waals surface area contributed by atoms with E-state index in [9.17, 15) is 4.79 Å². The molecule has 5 rings (SSSR count). The Labute approximate surface area is 183 Å². The fourth-order valence-electron chi connectivity index (χ4n) is 3.54. The number of fused-ring (bicyclic) bond motifs is 1. The van der Waals surface area contributed by atoms with Gasteiger partial charge in [0.2, 0.25) is 0 Å². The van der Waals surface area contributed by atoms with E-state index in [0.717, 1.165) is 43.6 Å². The van der Waals surface area contributed by atoms with Crippen LogP contribution < -0.4 is 5.32 Å². The molecule has 152 valence electrons. The molecule has 0 atom stereocenters. The van der Waals surface area contributed by atoms with E-state index in [1.54, 1.807) is 28.4 Å². The van der Waals surface area contributed by atoms with Crippen molar-refractivity contribution in [2.24, 2.45) is 0 Å². The van der Waals surface area contributed by atoms with E-state index >= 15 is 0 Å². The number of nitrogens with zero attached hydrogens (tertiary/aromatic N) is 4. The molecule has 0 bridgehead atoms. The predicted octanol–water partition coefficient (Wildman–Crippen LogP) is 5.41. The van der Waals surface area contributed by atoms with Crippen molar-refractivity contribution in [2.45, 2.75) is 13.8 Å². The number of thiazole rings is 1. The van der Waals surface area contributed by atoms with E-state index in [4.69, 9.17) is 4.98 Å². The van der Waals surface area contributed by atoms with Crippen molar-refractivity contribution >= 4 is 33.3 Å². The lowest BCUT2D eigenvalue weighted by Gasteiger charge is -2.11. The number of carbonyl (C=O) groups is 1. The van der Waals surface area contributed by atoms with Gasteiger partial charge >= 0.3 is 0 Å². The number of anilines is 1. The van der Waals surface area contributed by atoms with Gasteiger partial charge in [-0.3, -0.25) is 4.79 Å². The molecule has 0 unspecified atom stereocenters. The first-order valence-corrected chi connectivity index (χ1v) is 10.7. The van der Waals surface area contributed by atoms with Crippen molar-refractivity contribution in [1.82, 2.24) is 19.7 Å². The van der Waals surface area contributed by atoms with Gasteiger partial charge in [0.05, 0.1) is 23.1 Å². The number of rotatable bonds is 4. The molecule has 5 aromatic rings. The molecular formula is C24H19N5OS. The van der Waals surface area contributed by atoms with E-state index in [-0.39, 0.29) is 5.91 Å². The SMILES string of the molecule is Cc1c(NC(=O)c2cnn(-c3ccccc3)c2C)cccc1-c1nc2cccnc2s1. The first-order chi connectivity index (χ1) is 15.1. The number of hydrogen-bond acceptors (Lipinski definition) is 5. The van der Waals surface area contributed by atoms with Gasteiger partial charge < -0.3 is 5.32 Å². The zero-order valence-corrected chi connectivity index (χ0v) is 17.9. The van der Waals surface area contributed by atoms with Crippen molar-refractivity contribution in [3.63, 3.8) is 0 Å². The fourth-order valence-corrected chi connectivity index (χ4v) is 4.53. The molecule has 0 aliphatic carbocycles. The summed E-state index contributed by atoms with van der Waals surface area (Å²) in [6.07, 6.45) is 3.38. The van der Waals surface area contributed by atoms with Crippen molar-refractivity contribution in [3.8, 4) is 16.3 Å². The molecule has 1 amide bonds. The fraction of sp³-hybridized carbons (Fsp3) is 0.0833. The molecule has 3 aromatic heterocycles. The number of benzene rings is 2. The molecule has 7 heteroatoms. The van der Waals surface area contributed by atoms with Gasteiger partial charge in [0, 0.05) is 17.4 Å². The minimum atomic E-state index is -0.189. The standard InChI is InChI=1S/C24H19N5OS/c1-15-18(23-28-21-12-7-13-25-24(21)31-23)10-6-11-20(15)27-22(30)19-14-26-29(16(19)2)17-8-4-3-5-9-17/h3-14H,1-2H3,(H,27,30). The highest BCUT2D eigenvalue weighted by molar-refractivity contribution is 7.21. The summed E-state index contributed by atoms with van der Waals surface area (Å²) in [5.41, 5.74) is 5.82. The molecule has 0 spiro atoms. The van der Waals surface area contributed by atoms with Crippen LogP contribution in [0.2, 0.25) is 0 Å². The van der Waals surface area contributed by atoms with Gasteiger partial charge in [-0.15, -0.1) is 0 Å². The molecule has 0 saturated heterocycles. The zero-order chi connectivity index (χ0) is 21.4. The normalized spacial score (nSPS) is 11.0. The van der Waals surface area contributed by atoms with Gasteiger partial charge in [0.25, 0.3) is 5.91 Å². The van der Waals surface area contributed by atoms with E-state index < -0.39 is 0 Å². The Balaban J connectivity index is 1.45. The van der Waals surface area contributed by atoms with Crippen LogP contribution in [0.25, 0.3) is 26.6 Å². The van der Waals surface area contributed by atoms with Gasteiger partial charge in [0.1, 0.15) is 15.4 Å². The number of pyridine rings is 1. The summed E-state index contributed by atoms with van der Waals surface area (Å²) in [5.74, 6) is -0.189. The second-order valence-corrected chi connectivity index (χ2v) is 8.15. The molecular weight excluding hydrogens is 406 g/mol. The van der Waals surface area contributed by atoms with Crippen molar-refractivity contribution < 1.29 is 4.79 Å². The summed E-state index contributed by atoms with van der Waals surface area (Å²) in [6, 6.07) is 19.4. The molecule has 0 aliphatic rings. The van der Waals surface area contributed by atoms with E-state index in [2.05, 4.69) is 15.4 Å². The predicted molar refractivity (Wildman–Crippen MR) is 124 cm³/mol. The Kier molecular flexibility index (Phi) is 4.80. The van der Waals surface area contributed by atoms with Gasteiger partial charge in [0.15, 0.2) is 0 Å². The Hall–Kier alpha value is -3.84.